The smallest absolute Gasteiger partial charge is 0.309 e. The van der Waals surface area contributed by atoms with Crippen molar-refractivity contribution in [3.05, 3.63) is 0 Å². The molecule has 1 unspecified atom stereocenters. The maximum atomic E-state index is 11.6. The molecule has 3 fully saturated rings. The first-order valence-electron chi connectivity index (χ1n) is 5.48. The molecule has 4 heteroatoms. The van der Waals surface area contributed by atoms with Crippen LogP contribution in [0, 0.1) is 11.3 Å². The molecule has 3 aliphatic rings. The largest absolute Gasteiger partial charge is 0.481 e. The van der Waals surface area contributed by atoms with E-state index in [0.717, 1.165) is 6.42 Å². The van der Waals surface area contributed by atoms with Crippen LogP contribution in [0.1, 0.15) is 39.5 Å². The topological polar surface area (TPSA) is 66.4 Å². The van der Waals surface area contributed by atoms with E-state index in [2.05, 4.69) is 5.32 Å². The second-order valence-electron chi connectivity index (χ2n) is 5.19. The predicted molar refractivity (Wildman–Crippen MR) is 54.2 cm³/mol. The average Bonchev–Trinajstić information content (AvgIpc) is 2.06. The van der Waals surface area contributed by atoms with Crippen LogP contribution < -0.4 is 5.32 Å². The van der Waals surface area contributed by atoms with Crippen molar-refractivity contribution in [2.45, 2.75) is 45.1 Å². The Balaban J connectivity index is 1.86. The Morgan fingerprint density at radius 3 is 2.33 bits per heavy atom. The van der Waals surface area contributed by atoms with Crippen LogP contribution in [0.3, 0.4) is 0 Å². The number of carboxylic acids is 1. The highest BCUT2D eigenvalue weighted by Gasteiger charge is 2.72. The van der Waals surface area contributed by atoms with Crippen molar-refractivity contribution in [1.29, 1.82) is 0 Å². The zero-order valence-corrected chi connectivity index (χ0v) is 9.17. The van der Waals surface area contributed by atoms with Gasteiger partial charge < -0.3 is 10.4 Å². The maximum absolute atomic E-state index is 11.6. The molecule has 4 nitrogen and oxygen atoms in total. The third-order valence-electron chi connectivity index (χ3n) is 3.93. The molecule has 0 heterocycles. The van der Waals surface area contributed by atoms with E-state index in [9.17, 15) is 9.59 Å². The third-order valence-corrected chi connectivity index (χ3v) is 3.93. The van der Waals surface area contributed by atoms with Gasteiger partial charge in [0.25, 0.3) is 0 Å². The number of hydrogen-bond acceptors (Lipinski definition) is 2. The average molecular weight is 211 g/mol. The molecule has 3 rings (SSSR count). The van der Waals surface area contributed by atoms with E-state index >= 15 is 0 Å². The minimum atomic E-state index is -0.706. The minimum Gasteiger partial charge on any atom is -0.481 e. The number of carboxylic acid groups (broad SMARTS) is 1. The standard InChI is InChI=1S/C11H17NO3/c1-3-7(2)8(13)12-11-4-10(5-11,6-11)9(14)15/h7H,3-6H2,1-2H3,(H,12,13)(H,14,15). The van der Waals surface area contributed by atoms with Gasteiger partial charge >= 0.3 is 5.97 Å². The lowest BCUT2D eigenvalue weighted by Crippen LogP contribution is -2.77. The SMILES string of the molecule is CCC(C)C(=O)NC12CC(C(=O)O)(C1)C2. The van der Waals surface area contributed by atoms with Crippen LogP contribution in [0.4, 0.5) is 0 Å². The second-order valence-corrected chi connectivity index (χ2v) is 5.19. The summed E-state index contributed by atoms with van der Waals surface area (Å²) in [5.41, 5.74) is -0.665. The van der Waals surface area contributed by atoms with E-state index in [0.29, 0.717) is 19.3 Å². The summed E-state index contributed by atoms with van der Waals surface area (Å²) >= 11 is 0. The van der Waals surface area contributed by atoms with Gasteiger partial charge in [0.2, 0.25) is 5.91 Å². The van der Waals surface area contributed by atoms with Crippen LogP contribution in [0.15, 0.2) is 0 Å². The van der Waals surface area contributed by atoms with Crippen molar-refractivity contribution < 1.29 is 14.7 Å². The molecular weight excluding hydrogens is 194 g/mol. The molecule has 0 aromatic heterocycles. The molecule has 1 amide bonds. The van der Waals surface area contributed by atoms with E-state index < -0.39 is 11.4 Å². The molecule has 0 spiro atoms. The molecule has 2 N–H and O–H groups in total. The van der Waals surface area contributed by atoms with Crippen LogP contribution in [-0.4, -0.2) is 22.5 Å². The Hall–Kier alpha value is -1.06. The lowest BCUT2D eigenvalue weighted by molar-refractivity contribution is -0.200. The fourth-order valence-corrected chi connectivity index (χ4v) is 2.72. The summed E-state index contributed by atoms with van der Waals surface area (Å²) in [4.78, 5) is 22.5. The maximum Gasteiger partial charge on any atom is 0.309 e. The lowest BCUT2D eigenvalue weighted by Gasteiger charge is -2.68. The third kappa shape index (κ3) is 1.34. The fraction of sp³-hybridized carbons (Fsp3) is 0.818. The summed E-state index contributed by atoms with van der Waals surface area (Å²) in [5, 5.41) is 11.9. The first-order chi connectivity index (χ1) is 6.93. The number of carbonyl (C=O) groups is 2. The summed E-state index contributed by atoms with van der Waals surface area (Å²) in [6.07, 6.45) is 2.69. The number of nitrogens with one attached hydrogen (secondary N) is 1. The zero-order chi connectivity index (χ0) is 11.3. The highest BCUT2D eigenvalue weighted by molar-refractivity contribution is 5.84. The summed E-state index contributed by atoms with van der Waals surface area (Å²) in [7, 11) is 0. The van der Waals surface area contributed by atoms with E-state index in [1.54, 1.807) is 0 Å². The molecular formula is C11H17NO3. The van der Waals surface area contributed by atoms with Crippen LogP contribution in [0.2, 0.25) is 0 Å². The summed E-state index contributed by atoms with van der Waals surface area (Å²) in [6, 6.07) is 0. The summed E-state index contributed by atoms with van der Waals surface area (Å²) in [6.45, 7) is 3.87. The van der Waals surface area contributed by atoms with Crippen LogP contribution in [0.5, 0.6) is 0 Å². The van der Waals surface area contributed by atoms with Gasteiger partial charge in [-0.05, 0) is 25.7 Å². The van der Waals surface area contributed by atoms with Crippen molar-refractivity contribution in [2.24, 2.45) is 11.3 Å². The molecule has 3 aliphatic carbocycles. The van der Waals surface area contributed by atoms with E-state index in [1.165, 1.54) is 0 Å². The quantitative estimate of drug-likeness (QED) is 0.733. The van der Waals surface area contributed by atoms with Crippen LogP contribution >= 0.6 is 0 Å². The molecule has 2 bridgehead atoms. The van der Waals surface area contributed by atoms with Gasteiger partial charge in [0.1, 0.15) is 0 Å². The number of rotatable bonds is 4. The number of carbonyl (C=O) groups excluding carboxylic acids is 1. The van der Waals surface area contributed by atoms with Gasteiger partial charge in [-0.3, -0.25) is 9.59 Å². The lowest BCUT2D eigenvalue weighted by atomic mass is 9.39. The summed E-state index contributed by atoms with van der Waals surface area (Å²) in [5.74, 6) is -0.613. The normalized spacial score (nSPS) is 38.5. The summed E-state index contributed by atoms with van der Waals surface area (Å²) < 4.78 is 0. The Kier molecular flexibility index (Phi) is 2.07. The molecule has 3 saturated carbocycles. The van der Waals surface area contributed by atoms with Crippen LogP contribution in [0.25, 0.3) is 0 Å². The Morgan fingerprint density at radius 2 is 1.93 bits per heavy atom. The molecule has 0 aromatic rings. The number of amides is 1. The van der Waals surface area contributed by atoms with Crippen LogP contribution in [-0.2, 0) is 9.59 Å². The van der Waals surface area contributed by atoms with Crippen molar-refractivity contribution in [2.75, 3.05) is 0 Å². The highest BCUT2D eigenvalue weighted by Crippen LogP contribution is 2.67. The van der Waals surface area contributed by atoms with E-state index in [1.807, 2.05) is 13.8 Å². The molecule has 0 aliphatic heterocycles. The Morgan fingerprint density at radius 1 is 1.40 bits per heavy atom. The van der Waals surface area contributed by atoms with E-state index in [-0.39, 0.29) is 17.4 Å². The molecule has 1 atom stereocenters. The van der Waals surface area contributed by atoms with Gasteiger partial charge in [-0.15, -0.1) is 0 Å². The van der Waals surface area contributed by atoms with Crippen molar-refractivity contribution in [3.8, 4) is 0 Å². The Labute approximate surface area is 89.0 Å². The van der Waals surface area contributed by atoms with E-state index in [4.69, 9.17) is 5.11 Å². The van der Waals surface area contributed by atoms with Gasteiger partial charge in [-0.2, -0.15) is 0 Å². The monoisotopic (exact) mass is 211 g/mol. The molecule has 0 radical (unpaired) electrons. The van der Waals surface area contributed by atoms with Gasteiger partial charge in [0, 0.05) is 11.5 Å². The van der Waals surface area contributed by atoms with Crippen molar-refractivity contribution >= 4 is 11.9 Å². The predicted octanol–water partition coefficient (Wildman–Crippen LogP) is 1.16. The Bertz CT molecular complexity index is 304. The second kappa shape index (κ2) is 2.97. The van der Waals surface area contributed by atoms with Crippen molar-refractivity contribution in [3.63, 3.8) is 0 Å². The molecule has 84 valence electrons. The zero-order valence-electron chi connectivity index (χ0n) is 9.17. The molecule has 0 saturated heterocycles. The first-order valence-corrected chi connectivity index (χ1v) is 5.48. The van der Waals surface area contributed by atoms with Gasteiger partial charge in [-0.1, -0.05) is 13.8 Å². The highest BCUT2D eigenvalue weighted by atomic mass is 16.4. The van der Waals surface area contributed by atoms with Gasteiger partial charge in [-0.25, -0.2) is 0 Å². The number of hydrogen-bond donors (Lipinski definition) is 2. The molecule has 0 aromatic carbocycles. The van der Waals surface area contributed by atoms with Crippen molar-refractivity contribution in [1.82, 2.24) is 5.32 Å². The first kappa shape index (κ1) is 10.5. The minimum absolute atomic E-state index is 0.0276. The number of aliphatic carboxylic acids is 1. The van der Waals surface area contributed by atoms with Gasteiger partial charge in [0.15, 0.2) is 0 Å². The molecule has 15 heavy (non-hydrogen) atoms. The van der Waals surface area contributed by atoms with Gasteiger partial charge in [0.05, 0.1) is 5.41 Å². The fourth-order valence-electron chi connectivity index (χ4n) is 2.72.